The molecule has 2 heterocycles. The number of benzene rings is 9. The summed E-state index contributed by atoms with van der Waals surface area (Å²) in [6, 6.07) is 61.1. The average Bonchev–Trinajstić information content (AvgIpc) is 3.74. The Kier molecular flexibility index (Phi) is 5.70. The summed E-state index contributed by atoms with van der Waals surface area (Å²) in [6.07, 6.45) is 0. The van der Waals surface area contributed by atoms with E-state index in [1.54, 1.807) is 0 Å². The molecule has 232 valence electrons. The third-order valence-electron chi connectivity index (χ3n) is 10.4. The van der Waals surface area contributed by atoms with Gasteiger partial charge in [0.25, 0.3) is 0 Å². The van der Waals surface area contributed by atoms with Gasteiger partial charge in [-0.15, -0.1) is 0 Å². The molecule has 11 aromatic rings. The van der Waals surface area contributed by atoms with Crippen LogP contribution >= 0.6 is 0 Å². The zero-order valence-electron chi connectivity index (χ0n) is 27.0. The molecule has 0 spiro atoms. The molecule has 0 fully saturated rings. The third-order valence-corrected chi connectivity index (χ3v) is 10.4. The number of para-hydroxylation sites is 2. The van der Waals surface area contributed by atoms with Gasteiger partial charge in [-0.3, -0.25) is 0 Å². The molecule has 2 heteroatoms. The minimum absolute atomic E-state index is 0.901. The van der Waals surface area contributed by atoms with Gasteiger partial charge in [-0.05, 0) is 114 Å². The van der Waals surface area contributed by atoms with E-state index in [4.69, 9.17) is 8.83 Å². The van der Waals surface area contributed by atoms with Crippen LogP contribution in [0.1, 0.15) is 0 Å². The summed E-state index contributed by atoms with van der Waals surface area (Å²) in [7, 11) is 0. The molecule has 50 heavy (non-hydrogen) atoms. The van der Waals surface area contributed by atoms with Crippen molar-refractivity contribution < 1.29 is 8.83 Å². The molecule has 0 radical (unpaired) electrons. The lowest BCUT2D eigenvalue weighted by atomic mass is 9.84. The van der Waals surface area contributed by atoms with Crippen molar-refractivity contribution >= 4 is 76.2 Å². The van der Waals surface area contributed by atoms with Crippen LogP contribution in [0.25, 0.3) is 110 Å². The van der Waals surface area contributed by atoms with E-state index in [0.717, 1.165) is 43.9 Å². The first-order valence-corrected chi connectivity index (χ1v) is 17.1. The van der Waals surface area contributed by atoms with Crippen LogP contribution in [0.4, 0.5) is 0 Å². The van der Waals surface area contributed by atoms with E-state index in [-0.39, 0.29) is 0 Å². The van der Waals surface area contributed by atoms with Crippen LogP contribution in [0.2, 0.25) is 0 Å². The Bertz CT molecular complexity index is 3160. The van der Waals surface area contributed by atoms with Gasteiger partial charge in [0.2, 0.25) is 0 Å². The van der Waals surface area contributed by atoms with Gasteiger partial charge in [-0.2, -0.15) is 0 Å². The molecule has 0 amide bonds. The molecule has 0 aliphatic rings. The summed E-state index contributed by atoms with van der Waals surface area (Å²) in [5, 5.41) is 11.9. The Morgan fingerprint density at radius 2 is 0.660 bits per heavy atom. The van der Waals surface area contributed by atoms with Crippen molar-refractivity contribution in [2.75, 3.05) is 0 Å². The van der Waals surface area contributed by atoms with Gasteiger partial charge in [0.05, 0.1) is 0 Å². The monoisotopic (exact) mass is 636 g/mol. The van der Waals surface area contributed by atoms with Gasteiger partial charge in [0.15, 0.2) is 0 Å². The first-order valence-electron chi connectivity index (χ1n) is 17.1. The predicted octanol–water partition coefficient (Wildman–Crippen LogP) is 13.9. The molecule has 0 atom stereocenters. The van der Waals surface area contributed by atoms with Crippen LogP contribution < -0.4 is 0 Å². The van der Waals surface area contributed by atoms with Crippen LogP contribution in [-0.4, -0.2) is 0 Å². The summed E-state index contributed by atoms with van der Waals surface area (Å²) in [4.78, 5) is 0. The second-order valence-electron chi connectivity index (χ2n) is 13.2. The zero-order valence-corrected chi connectivity index (χ0v) is 27.0. The van der Waals surface area contributed by atoms with E-state index in [1.807, 2.05) is 24.3 Å². The molecular weight excluding hydrogens is 609 g/mol. The van der Waals surface area contributed by atoms with Crippen LogP contribution in [-0.2, 0) is 0 Å². The van der Waals surface area contributed by atoms with Crippen LogP contribution in [0.3, 0.4) is 0 Å². The second kappa shape index (κ2) is 10.4. The number of rotatable bonds is 3. The fraction of sp³-hybridized carbons (Fsp3) is 0. The highest BCUT2D eigenvalue weighted by Crippen LogP contribution is 2.47. The van der Waals surface area contributed by atoms with Gasteiger partial charge in [-0.1, -0.05) is 121 Å². The molecule has 11 rings (SSSR count). The van der Waals surface area contributed by atoms with Gasteiger partial charge < -0.3 is 8.83 Å². The van der Waals surface area contributed by atoms with Crippen molar-refractivity contribution in [1.29, 1.82) is 0 Å². The molecule has 0 unspecified atom stereocenters. The Morgan fingerprint density at radius 3 is 1.30 bits per heavy atom. The lowest BCUT2D eigenvalue weighted by Crippen LogP contribution is -1.92. The van der Waals surface area contributed by atoms with Crippen molar-refractivity contribution in [2.24, 2.45) is 0 Å². The zero-order chi connectivity index (χ0) is 32.8. The summed E-state index contributed by atoms with van der Waals surface area (Å²) in [6.45, 7) is 0. The normalized spacial score (nSPS) is 12.0. The molecule has 9 aromatic carbocycles. The van der Waals surface area contributed by atoms with Crippen molar-refractivity contribution in [3.63, 3.8) is 0 Å². The number of fused-ring (bicyclic) bond motifs is 9. The standard InChI is InChI=1S/C48H28O2/c1-2-10-30-25-31(18-17-29(30)9-1)32-19-22-39-42(26-32)48(34-21-24-46-41(28-34)36-12-6-8-16-44(36)50-46)38-14-4-3-13-37(38)47(39)33-20-23-45-40(27-33)35-11-5-7-15-43(35)49-45/h1-28H. The van der Waals surface area contributed by atoms with Crippen LogP contribution in [0.15, 0.2) is 179 Å². The van der Waals surface area contributed by atoms with Crippen molar-refractivity contribution in [3.8, 4) is 33.4 Å². The maximum atomic E-state index is 6.26. The number of hydrogen-bond donors (Lipinski definition) is 0. The summed E-state index contributed by atoms with van der Waals surface area (Å²) < 4.78 is 12.5. The molecule has 0 saturated carbocycles. The summed E-state index contributed by atoms with van der Waals surface area (Å²) in [5.74, 6) is 0. The van der Waals surface area contributed by atoms with Crippen molar-refractivity contribution in [2.45, 2.75) is 0 Å². The quantitative estimate of drug-likeness (QED) is 0.180. The first-order chi connectivity index (χ1) is 24.8. The minimum atomic E-state index is 0.901. The van der Waals surface area contributed by atoms with Gasteiger partial charge in [0, 0.05) is 21.5 Å². The molecule has 0 N–H and O–H groups in total. The fourth-order valence-electron chi connectivity index (χ4n) is 8.11. The van der Waals surface area contributed by atoms with Crippen LogP contribution in [0.5, 0.6) is 0 Å². The number of furan rings is 2. The number of hydrogen-bond acceptors (Lipinski definition) is 2. The Hall–Kier alpha value is -6.64. The fourth-order valence-corrected chi connectivity index (χ4v) is 8.11. The predicted molar refractivity (Wildman–Crippen MR) is 210 cm³/mol. The van der Waals surface area contributed by atoms with Gasteiger partial charge >= 0.3 is 0 Å². The van der Waals surface area contributed by atoms with E-state index >= 15 is 0 Å². The lowest BCUT2D eigenvalue weighted by Gasteiger charge is -2.19. The first kappa shape index (κ1) is 27.3. The molecule has 2 nitrogen and oxygen atoms in total. The highest BCUT2D eigenvalue weighted by Gasteiger charge is 2.20. The molecule has 0 aliphatic carbocycles. The SMILES string of the molecule is c1ccc2cc(-c3ccc4c(-c5ccc6oc7ccccc7c6c5)c5ccccc5c(-c5ccc6oc7ccccc7c6c5)c4c3)ccc2c1. The molecule has 0 aliphatic heterocycles. The van der Waals surface area contributed by atoms with E-state index in [9.17, 15) is 0 Å². The Labute approximate surface area is 287 Å². The summed E-state index contributed by atoms with van der Waals surface area (Å²) >= 11 is 0. The van der Waals surface area contributed by atoms with E-state index < -0.39 is 0 Å². The lowest BCUT2D eigenvalue weighted by molar-refractivity contribution is 0.668. The Morgan fingerprint density at radius 1 is 0.240 bits per heavy atom. The maximum Gasteiger partial charge on any atom is 0.135 e. The smallest absolute Gasteiger partial charge is 0.135 e. The van der Waals surface area contributed by atoms with Gasteiger partial charge in [-0.25, -0.2) is 0 Å². The van der Waals surface area contributed by atoms with E-state index in [2.05, 4.69) is 146 Å². The molecule has 0 saturated heterocycles. The highest BCUT2D eigenvalue weighted by atomic mass is 16.3. The minimum Gasteiger partial charge on any atom is -0.456 e. The average molecular weight is 637 g/mol. The van der Waals surface area contributed by atoms with Crippen LogP contribution in [0, 0.1) is 0 Å². The largest absolute Gasteiger partial charge is 0.456 e. The van der Waals surface area contributed by atoms with E-state index in [1.165, 1.54) is 65.7 Å². The maximum absolute atomic E-state index is 6.26. The third kappa shape index (κ3) is 4.03. The van der Waals surface area contributed by atoms with Crippen molar-refractivity contribution in [1.82, 2.24) is 0 Å². The van der Waals surface area contributed by atoms with Crippen molar-refractivity contribution in [3.05, 3.63) is 170 Å². The van der Waals surface area contributed by atoms with Gasteiger partial charge in [0.1, 0.15) is 22.3 Å². The molecule has 2 aromatic heterocycles. The molecule has 0 bridgehead atoms. The topological polar surface area (TPSA) is 26.3 Å². The Balaban J connectivity index is 1.25. The van der Waals surface area contributed by atoms with E-state index in [0.29, 0.717) is 0 Å². The highest BCUT2D eigenvalue weighted by molar-refractivity contribution is 6.23. The molecular formula is C48H28O2. The summed E-state index contributed by atoms with van der Waals surface area (Å²) in [5.41, 5.74) is 10.8. The second-order valence-corrected chi connectivity index (χ2v) is 13.2.